The fourth-order valence-corrected chi connectivity index (χ4v) is 5.05. The van der Waals surface area contributed by atoms with Gasteiger partial charge in [0.2, 0.25) is 9.84 Å². The average Bonchev–Trinajstić information content (AvgIpc) is 3.22. The van der Waals surface area contributed by atoms with Crippen LogP contribution in [0.1, 0.15) is 20.9 Å². The minimum absolute atomic E-state index is 0.146. The lowest BCUT2D eigenvalue weighted by atomic mass is 10.2. The van der Waals surface area contributed by atoms with E-state index >= 15 is 0 Å². The van der Waals surface area contributed by atoms with Gasteiger partial charge in [0.05, 0.1) is 14.5 Å². The Morgan fingerprint density at radius 2 is 1.81 bits per heavy atom. The molecule has 4 rings (SSSR count). The molecule has 6 nitrogen and oxygen atoms in total. The van der Waals surface area contributed by atoms with Gasteiger partial charge in [-0.3, -0.25) is 9.78 Å². The second kappa shape index (κ2) is 8.32. The van der Waals surface area contributed by atoms with Gasteiger partial charge in [0, 0.05) is 18.9 Å². The molecule has 3 heterocycles. The maximum Gasteiger partial charge on any atom is 0.433 e. The van der Waals surface area contributed by atoms with Crippen LogP contribution >= 0.6 is 11.3 Å². The Kier molecular flexibility index (Phi) is 5.70. The molecule has 0 saturated heterocycles. The van der Waals surface area contributed by atoms with Crippen LogP contribution in [0.15, 0.2) is 76.9 Å². The lowest BCUT2D eigenvalue weighted by Crippen LogP contribution is -2.21. The number of nitrogens with zero attached hydrogens (tertiary/aromatic N) is 2. The number of rotatable bonds is 5. The van der Waals surface area contributed by atoms with E-state index in [4.69, 9.17) is 0 Å². The number of aromatic nitrogens is 2. The van der Waals surface area contributed by atoms with Crippen molar-refractivity contribution in [3.05, 3.63) is 83.1 Å². The number of amides is 1. The van der Waals surface area contributed by atoms with E-state index < -0.39 is 26.7 Å². The SMILES string of the molecule is O=C(NCc1ccc(S(=O)(=O)c2cccc(C(F)(F)F)n2)cc1)c1cc2ccncc2s1. The molecule has 0 bridgehead atoms. The second-order valence-corrected chi connectivity index (χ2v) is 9.69. The number of benzene rings is 1. The Hall–Kier alpha value is -3.31. The van der Waals surface area contributed by atoms with Crippen molar-refractivity contribution in [2.24, 2.45) is 0 Å². The first-order valence-corrected chi connectivity index (χ1v) is 11.4. The Balaban J connectivity index is 1.47. The maximum atomic E-state index is 12.9. The number of alkyl halides is 3. The molecule has 0 atom stereocenters. The summed E-state index contributed by atoms with van der Waals surface area (Å²) in [4.78, 5) is 20.0. The van der Waals surface area contributed by atoms with Crippen molar-refractivity contribution < 1.29 is 26.4 Å². The number of thiophene rings is 1. The topological polar surface area (TPSA) is 89.0 Å². The van der Waals surface area contributed by atoms with E-state index in [-0.39, 0.29) is 17.3 Å². The van der Waals surface area contributed by atoms with Gasteiger partial charge in [-0.2, -0.15) is 13.2 Å². The van der Waals surface area contributed by atoms with E-state index in [9.17, 15) is 26.4 Å². The Labute approximate surface area is 184 Å². The van der Waals surface area contributed by atoms with Gasteiger partial charge >= 0.3 is 6.18 Å². The van der Waals surface area contributed by atoms with Gasteiger partial charge in [0.1, 0.15) is 5.69 Å². The molecule has 0 aliphatic carbocycles. The molecule has 3 aromatic heterocycles. The summed E-state index contributed by atoms with van der Waals surface area (Å²) in [5, 5.41) is 2.98. The van der Waals surface area contributed by atoms with E-state index in [1.807, 2.05) is 0 Å². The molecule has 0 unspecified atom stereocenters. The number of hydrogen-bond donors (Lipinski definition) is 1. The van der Waals surface area contributed by atoms with Crippen LogP contribution in [0.4, 0.5) is 13.2 Å². The van der Waals surface area contributed by atoms with E-state index in [2.05, 4.69) is 15.3 Å². The summed E-state index contributed by atoms with van der Waals surface area (Å²) < 4.78 is 64.8. The van der Waals surface area contributed by atoms with Crippen molar-refractivity contribution in [1.82, 2.24) is 15.3 Å². The van der Waals surface area contributed by atoms with Crippen LogP contribution in [-0.2, 0) is 22.6 Å². The summed E-state index contributed by atoms with van der Waals surface area (Å²) in [6.07, 6.45) is -1.44. The van der Waals surface area contributed by atoms with Crippen LogP contribution in [0, 0.1) is 0 Å². The van der Waals surface area contributed by atoms with Gasteiger partial charge in [-0.05, 0) is 47.3 Å². The minimum Gasteiger partial charge on any atom is -0.347 e. The van der Waals surface area contributed by atoms with Crippen LogP contribution in [0.5, 0.6) is 0 Å². The number of nitrogens with one attached hydrogen (secondary N) is 1. The van der Waals surface area contributed by atoms with Gasteiger partial charge in [-0.1, -0.05) is 18.2 Å². The van der Waals surface area contributed by atoms with Crippen molar-refractivity contribution in [1.29, 1.82) is 0 Å². The zero-order chi connectivity index (χ0) is 22.9. The number of hydrogen-bond acceptors (Lipinski definition) is 6. The molecular formula is C21H14F3N3O3S2. The van der Waals surface area contributed by atoms with Crippen molar-refractivity contribution in [2.75, 3.05) is 0 Å². The van der Waals surface area contributed by atoms with Crippen LogP contribution < -0.4 is 5.32 Å². The molecule has 0 aliphatic rings. The van der Waals surface area contributed by atoms with E-state index in [1.54, 1.807) is 24.5 Å². The smallest absolute Gasteiger partial charge is 0.347 e. The first kappa shape index (κ1) is 21.9. The van der Waals surface area contributed by atoms with Crippen LogP contribution in [-0.4, -0.2) is 24.3 Å². The van der Waals surface area contributed by atoms with Gasteiger partial charge in [0.25, 0.3) is 5.91 Å². The van der Waals surface area contributed by atoms with E-state index in [0.717, 1.165) is 22.2 Å². The van der Waals surface area contributed by atoms with Gasteiger partial charge in [0.15, 0.2) is 5.03 Å². The molecule has 0 radical (unpaired) electrons. The molecule has 0 saturated carbocycles. The standard InChI is InChI=1S/C21H14F3N3O3S2/c22-21(23,24)18-2-1-3-19(27-18)32(29,30)15-6-4-13(5-7-15)11-26-20(28)16-10-14-8-9-25-12-17(14)31-16/h1-10,12H,11H2,(H,26,28). The molecule has 0 aliphatic heterocycles. The fraction of sp³-hybridized carbons (Fsp3) is 0.0952. The quantitative estimate of drug-likeness (QED) is 0.458. The molecule has 1 N–H and O–H groups in total. The van der Waals surface area contributed by atoms with Crippen molar-refractivity contribution >= 4 is 37.2 Å². The van der Waals surface area contributed by atoms with Gasteiger partial charge in [-0.25, -0.2) is 13.4 Å². The average molecular weight is 477 g/mol. The molecule has 4 aromatic rings. The Bertz CT molecular complexity index is 1370. The minimum atomic E-state index is -4.75. The largest absolute Gasteiger partial charge is 0.433 e. The van der Waals surface area contributed by atoms with E-state index in [0.29, 0.717) is 16.5 Å². The van der Waals surface area contributed by atoms with Crippen LogP contribution in [0.2, 0.25) is 0 Å². The molecular weight excluding hydrogens is 463 g/mol. The first-order chi connectivity index (χ1) is 15.1. The van der Waals surface area contributed by atoms with E-state index in [1.165, 1.54) is 35.6 Å². The number of carbonyl (C=O) groups is 1. The fourth-order valence-electron chi connectivity index (χ4n) is 2.90. The number of sulfone groups is 1. The highest BCUT2D eigenvalue weighted by atomic mass is 32.2. The monoisotopic (exact) mass is 477 g/mol. The summed E-state index contributed by atoms with van der Waals surface area (Å²) >= 11 is 1.31. The third kappa shape index (κ3) is 4.48. The van der Waals surface area contributed by atoms with Gasteiger partial charge < -0.3 is 5.32 Å². The molecule has 11 heteroatoms. The van der Waals surface area contributed by atoms with Crippen molar-refractivity contribution in [3.63, 3.8) is 0 Å². The van der Waals surface area contributed by atoms with Gasteiger partial charge in [-0.15, -0.1) is 11.3 Å². The number of halogens is 3. The molecule has 0 fully saturated rings. The number of fused-ring (bicyclic) bond motifs is 1. The molecule has 164 valence electrons. The number of carbonyl (C=O) groups excluding carboxylic acids is 1. The van der Waals surface area contributed by atoms with Crippen molar-refractivity contribution in [2.45, 2.75) is 22.6 Å². The molecule has 0 spiro atoms. The molecule has 32 heavy (non-hydrogen) atoms. The lowest BCUT2D eigenvalue weighted by molar-refractivity contribution is -0.141. The highest BCUT2D eigenvalue weighted by Gasteiger charge is 2.33. The zero-order valence-electron chi connectivity index (χ0n) is 16.1. The zero-order valence-corrected chi connectivity index (χ0v) is 17.8. The third-order valence-electron chi connectivity index (χ3n) is 4.52. The summed E-state index contributed by atoms with van der Waals surface area (Å²) in [7, 11) is -4.23. The van der Waals surface area contributed by atoms with Crippen LogP contribution in [0.3, 0.4) is 0 Å². The lowest BCUT2D eigenvalue weighted by Gasteiger charge is -2.09. The summed E-state index contributed by atoms with van der Waals surface area (Å²) in [6, 6.07) is 11.8. The third-order valence-corrected chi connectivity index (χ3v) is 7.28. The Morgan fingerprint density at radius 1 is 1.06 bits per heavy atom. The molecule has 1 amide bonds. The summed E-state index contributed by atoms with van der Waals surface area (Å²) in [5.74, 6) is -0.281. The predicted octanol–water partition coefficient (Wildman–Crippen LogP) is 4.47. The second-order valence-electron chi connectivity index (χ2n) is 6.71. The maximum absolute atomic E-state index is 12.9. The van der Waals surface area contributed by atoms with Crippen LogP contribution in [0.25, 0.3) is 10.1 Å². The highest BCUT2D eigenvalue weighted by Crippen LogP contribution is 2.29. The number of pyridine rings is 2. The Morgan fingerprint density at radius 3 is 2.50 bits per heavy atom. The normalized spacial score (nSPS) is 12.1. The predicted molar refractivity (Wildman–Crippen MR) is 112 cm³/mol. The highest BCUT2D eigenvalue weighted by molar-refractivity contribution is 7.91. The first-order valence-electron chi connectivity index (χ1n) is 9.15. The summed E-state index contributed by atoms with van der Waals surface area (Å²) in [6.45, 7) is 0.146. The van der Waals surface area contributed by atoms with Crippen molar-refractivity contribution in [3.8, 4) is 0 Å². The molecule has 1 aromatic carbocycles. The summed E-state index contributed by atoms with van der Waals surface area (Å²) in [5.41, 5.74) is -0.660.